The number of fused-ring (bicyclic) bond motifs is 2. The maximum absolute atomic E-state index is 2.50. The molecule has 42 heavy (non-hydrogen) atoms. The van der Waals surface area contributed by atoms with E-state index in [1.807, 2.05) is 0 Å². The summed E-state index contributed by atoms with van der Waals surface area (Å²) in [7, 11) is 2.14. The zero-order chi connectivity index (χ0) is 29.5. The highest BCUT2D eigenvalue weighted by Crippen LogP contribution is 2.43. The van der Waals surface area contributed by atoms with Crippen LogP contribution >= 0.6 is 0 Å². The van der Waals surface area contributed by atoms with Gasteiger partial charge in [-0.15, -0.1) is 0 Å². The molecule has 0 amide bonds. The molecule has 0 aliphatic carbocycles. The normalized spacial score (nSPS) is 12.0. The molecular formula is C40H40N2. The van der Waals surface area contributed by atoms with Crippen LogP contribution in [0.15, 0.2) is 133 Å². The highest BCUT2D eigenvalue weighted by molar-refractivity contribution is 5.97. The third-order valence-electron chi connectivity index (χ3n) is 8.64. The number of benzene rings is 6. The molecule has 0 N–H and O–H groups in total. The van der Waals surface area contributed by atoms with E-state index in [-0.39, 0.29) is 11.0 Å². The molecule has 6 aromatic carbocycles. The van der Waals surface area contributed by atoms with E-state index >= 15 is 0 Å². The van der Waals surface area contributed by atoms with Gasteiger partial charge < -0.3 is 9.80 Å². The zero-order valence-electron chi connectivity index (χ0n) is 25.6. The van der Waals surface area contributed by atoms with Gasteiger partial charge in [0.15, 0.2) is 0 Å². The number of rotatable bonds is 6. The maximum atomic E-state index is 2.50. The molecule has 0 aliphatic rings. The number of nitrogens with zero attached hydrogens (tertiary/aromatic N) is 2. The van der Waals surface area contributed by atoms with Gasteiger partial charge in [0.25, 0.3) is 0 Å². The van der Waals surface area contributed by atoms with Gasteiger partial charge >= 0.3 is 0 Å². The lowest BCUT2D eigenvalue weighted by Gasteiger charge is -2.42. The van der Waals surface area contributed by atoms with E-state index in [1.165, 1.54) is 44.0 Å². The molecule has 0 saturated heterocycles. The van der Waals surface area contributed by atoms with Crippen molar-refractivity contribution in [2.45, 2.75) is 45.6 Å². The Bertz CT molecular complexity index is 1840. The summed E-state index contributed by atoms with van der Waals surface area (Å²) >= 11 is 0. The summed E-state index contributed by atoms with van der Waals surface area (Å²) in [5.74, 6) is 0. The molecule has 0 aromatic heterocycles. The van der Waals surface area contributed by atoms with Gasteiger partial charge in [-0.1, -0.05) is 112 Å². The average Bonchev–Trinajstić information content (AvgIpc) is 3.00. The fraction of sp³-hybridized carbons (Fsp3) is 0.200. The smallest absolute Gasteiger partial charge is 0.0646 e. The Morgan fingerprint density at radius 2 is 1.00 bits per heavy atom. The Labute approximate surface area is 250 Å². The van der Waals surface area contributed by atoms with E-state index < -0.39 is 0 Å². The SMILES string of the molecule is CN(c1ccc(N(c2cccc3ccccc23)C(C)(C)c2ccc(C(C)(C)C)cc2)cc1)c1ccc2ccccc2c1. The van der Waals surface area contributed by atoms with Crippen molar-refractivity contribution >= 4 is 44.3 Å². The molecular weight excluding hydrogens is 508 g/mol. The first kappa shape index (κ1) is 27.6. The van der Waals surface area contributed by atoms with E-state index in [0.717, 1.165) is 11.4 Å². The van der Waals surface area contributed by atoms with Gasteiger partial charge in [0.2, 0.25) is 0 Å². The number of anilines is 4. The Hall–Kier alpha value is -4.56. The minimum Gasteiger partial charge on any atom is -0.345 e. The molecule has 0 saturated carbocycles. The fourth-order valence-electron chi connectivity index (χ4n) is 6.03. The summed E-state index contributed by atoms with van der Waals surface area (Å²) in [4.78, 5) is 4.76. The zero-order valence-corrected chi connectivity index (χ0v) is 25.6. The maximum Gasteiger partial charge on any atom is 0.0646 e. The van der Waals surface area contributed by atoms with Gasteiger partial charge in [-0.05, 0) is 89.0 Å². The second-order valence-electron chi connectivity index (χ2n) is 12.8. The summed E-state index contributed by atoms with van der Waals surface area (Å²) in [6, 6.07) is 48.7. The summed E-state index contributed by atoms with van der Waals surface area (Å²) < 4.78 is 0. The van der Waals surface area contributed by atoms with Crippen LogP contribution in [0.25, 0.3) is 21.5 Å². The predicted octanol–water partition coefficient (Wildman–Crippen LogP) is 11.1. The van der Waals surface area contributed by atoms with E-state index in [1.54, 1.807) is 0 Å². The molecule has 0 unspecified atom stereocenters. The van der Waals surface area contributed by atoms with Gasteiger partial charge in [-0.3, -0.25) is 0 Å². The lowest BCUT2D eigenvalue weighted by molar-refractivity contribution is 0.534. The highest BCUT2D eigenvalue weighted by atomic mass is 15.2. The largest absolute Gasteiger partial charge is 0.345 e. The Balaban J connectivity index is 1.43. The van der Waals surface area contributed by atoms with Gasteiger partial charge in [0.1, 0.15) is 0 Å². The van der Waals surface area contributed by atoms with Crippen molar-refractivity contribution in [2.24, 2.45) is 0 Å². The van der Waals surface area contributed by atoms with Crippen LogP contribution < -0.4 is 9.80 Å². The first-order valence-corrected chi connectivity index (χ1v) is 14.8. The van der Waals surface area contributed by atoms with Crippen LogP contribution in [0.1, 0.15) is 45.7 Å². The van der Waals surface area contributed by atoms with Gasteiger partial charge in [-0.25, -0.2) is 0 Å². The van der Waals surface area contributed by atoms with Crippen LogP contribution in [0.4, 0.5) is 22.7 Å². The quantitative estimate of drug-likeness (QED) is 0.204. The molecule has 6 aromatic rings. The molecule has 0 atom stereocenters. The molecule has 0 aliphatic heterocycles. The monoisotopic (exact) mass is 548 g/mol. The first-order valence-electron chi connectivity index (χ1n) is 14.8. The summed E-state index contributed by atoms with van der Waals surface area (Å²) in [6.45, 7) is 11.5. The minimum absolute atomic E-state index is 0.116. The predicted molar refractivity (Wildman–Crippen MR) is 183 cm³/mol. The molecule has 2 heteroatoms. The molecule has 0 radical (unpaired) electrons. The molecule has 210 valence electrons. The van der Waals surface area contributed by atoms with Crippen LogP contribution in [0.3, 0.4) is 0 Å². The number of hydrogen-bond donors (Lipinski definition) is 0. The van der Waals surface area contributed by atoms with Crippen molar-refractivity contribution < 1.29 is 0 Å². The van der Waals surface area contributed by atoms with Crippen LogP contribution in [0.2, 0.25) is 0 Å². The van der Waals surface area contributed by atoms with Crippen LogP contribution in [0.5, 0.6) is 0 Å². The van der Waals surface area contributed by atoms with Crippen LogP contribution in [0, 0.1) is 0 Å². The van der Waals surface area contributed by atoms with Gasteiger partial charge in [0, 0.05) is 35.2 Å². The van der Waals surface area contributed by atoms with Crippen molar-refractivity contribution in [3.8, 4) is 0 Å². The lowest BCUT2D eigenvalue weighted by Crippen LogP contribution is -2.38. The molecule has 0 fully saturated rings. The lowest BCUT2D eigenvalue weighted by atomic mass is 9.83. The van der Waals surface area contributed by atoms with E-state index in [2.05, 4.69) is 185 Å². The minimum atomic E-state index is -0.313. The molecule has 6 rings (SSSR count). The molecule has 0 spiro atoms. The standard InChI is InChI=1S/C40H40N2/c1-39(2,3)32-19-21-33(22-20-32)40(4,5)42(38-17-11-15-30-13-9-10-16-37(30)38)35-26-24-34(25-27-35)41(6)36-23-18-29-12-7-8-14-31(29)28-36/h7-28H,1-6H3. The van der Waals surface area contributed by atoms with Crippen LogP contribution in [-0.4, -0.2) is 7.05 Å². The summed E-state index contributed by atoms with van der Waals surface area (Å²) in [5, 5.41) is 5.00. The first-order chi connectivity index (χ1) is 20.1. The van der Waals surface area contributed by atoms with Gasteiger partial charge in [0.05, 0.1) is 5.54 Å². The van der Waals surface area contributed by atoms with Crippen molar-refractivity contribution in [3.05, 3.63) is 145 Å². The average molecular weight is 549 g/mol. The van der Waals surface area contributed by atoms with E-state index in [0.29, 0.717) is 0 Å². The Morgan fingerprint density at radius 1 is 0.452 bits per heavy atom. The Morgan fingerprint density at radius 3 is 1.69 bits per heavy atom. The molecule has 0 bridgehead atoms. The van der Waals surface area contributed by atoms with Gasteiger partial charge in [-0.2, -0.15) is 0 Å². The van der Waals surface area contributed by atoms with Crippen molar-refractivity contribution in [1.29, 1.82) is 0 Å². The van der Waals surface area contributed by atoms with E-state index in [4.69, 9.17) is 0 Å². The Kier molecular flexibility index (Phi) is 7.02. The molecule has 0 heterocycles. The molecule has 2 nitrogen and oxygen atoms in total. The number of hydrogen-bond acceptors (Lipinski definition) is 2. The van der Waals surface area contributed by atoms with Crippen molar-refractivity contribution in [2.75, 3.05) is 16.8 Å². The third-order valence-corrected chi connectivity index (χ3v) is 8.64. The summed E-state index contributed by atoms with van der Waals surface area (Å²) in [6.07, 6.45) is 0. The topological polar surface area (TPSA) is 6.48 Å². The summed E-state index contributed by atoms with van der Waals surface area (Å²) in [5.41, 5.74) is 7.11. The van der Waals surface area contributed by atoms with Crippen LogP contribution in [-0.2, 0) is 11.0 Å². The van der Waals surface area contributed by atoms with Crippen molar-refractivity contribution in [3.63, 3.8) is 0 Å². The fourth-order valence-corrected chi connectivity index (χ4v) is 6.03. The van der Waals surface area contributed by atoms with E-state index in [9.17, 15) is 0 Å². The third kappa shape index (κ3) is 5.14. The second-order valence-corrected chi connectivity index (χ2v) is 12.8. The second kappa shape index (κ2) is 10.7. The highest BCUT2D eigenvalue weighted by Gasteiger charge is 2.32. The van der Waals surface area contributed by atoms with Crippen molar-refractivity contribution in [1.82, 2.24) is 0 Å².